The lowest BCUT2D eigenvalue weighted by atomic mass is 9.72. The highest BCUT2D eigenvalue weighted by molar-refractivity contribution is 5.16. The van der Waals surface area contributed by atoms with Crippen LogP contribution in [0.3, 0.4) is 0 Å². The van der Waals surface area contributed by atoms with Gasteiger partial charge in [0.15, 0.2) is 0 Å². The third-order valence-electron chi connectivity index (χ3n) is 5.51. The Morgan fingerprint density at radius 3 is 2.33 bits per heavy atom. The summed E-state index contributed by atoms with van der Waals surface area (Å²) in [6, 6.07) is 10.8. The Labute approximate surface area is 147 Å². The fourth-order valence-electron chi connectivity index (χ4n) is 3.66. The van der Waals surface area contributed by atoms with Crippen molar-refractivity contribution in [2.24, 2.45) is 11.3 Å². The number of hydrogen-bond donors (Lipinski definition) is 2. The minimum Gasteiger partial charge on any atom is -0.385 e. The zero-order chi connectivity index (χ0) is 17.6. The SMILES string of the molecule is C[C@H]([NH2+]C[C@H](O)COC1CCC(C(C)(C)C)CC1)c1ccccc1. The van der Waals surface area contributed by atoms with Crippen LogP contribution in [-0.4, -0.2) is 30.5 Å². The summed E-state index contributed by atoms with van der Waals surface area (Å²) in [5.41, 5.74) is 1.71. The van der Waals surface area contributed by atoms with Crippen molar-refractivity contribution >= 4 is 0 Å². The highest BCUT2D eigenvalue weighted by Crippen LogP contribution is 2.38. The molecule has 24 heavy (non-hydrogen) atoms. The van der Waals surface area contributed by atoms with Crippen LogP contribution in [0.4, 0.5) is 0 Å². The second-order valence-corrected chi connectivity index (χ2v) is 8.50. The second-order valence-electron chi connectivity index (χ2n) is 8.50. The molecule has 1 saturated carbocycles. The number of nitrogens with two attached hydrogens (primary N) is 1. The highest BCUT2D eigenvalue weighted by Gasteiger charge is 2.30. The summed E-state index contributed by atoms with van der Waals surface area (Å²) < 4.78 is 5.97. The number of benzene rings is 1. The normalized spacial score (nSPS) is 24.5. The third kappa shape index (κ3) is 6.19. The number of ether oxygens (including phenoxy) is 1. The van der Waals surface area contributed by atoms with E-state index in [2.05, 4.69) is 57.3 Å². The van der Waals surface area contributed by atoms with Crippen molar-refractivity contribution in [3.63, 3.8) is 0 Å². The molecule has 0 saturated heterocycles. The predicted molar refractivity (Wildman–Crippen MR) is 98.8 cm³/mol. The molecular formula is C21H36NO2+. The van der Waals surface area contributed by atoms with Crippen LogP contribution in [0.1, 0.15) is 65.0 Å². The van der Waals surface area contributed by atoms with Gasteiger partial charge in [-0.2, -0.15) is 0 Å². The molecule has 2 rings (SSSR count). The van der Waals surface area contributed by atoms with Crippen molar-refractivity contribution in [3.8, 4) is 0 Å². The summed E-state index contributed by atoms with van der Waals surface area (Å²) in [6.45, 7) is 10.3. The Balaban J connectivity index is 1.63. The molecule has 0 heterocycles. The zero-order valence-corrected chi connectivity index (χ0v) is 15.9. The van der Waals surface area contributed by atoms with Crippen molar-refractivity contribution in [2.45, 2.75) is 71.6 Å². The quantitative estimate of drug-likeness (QED) is 0.804. The molecule has 3 N–H and O–H groups in total. The maximum Gasteiger partial charge on any atom is 0.126 e. The van der Waals surface area contributed by atoms with E-state index in [0.717, 1.165) is 18.8 Å². The van der Waals surface area contributed by atoms with Crippen LogP contribution in [0.25, 0.3) is 0 Å². The molecule has 1 fully saturated rings. The molecule has 1 aliphatic rings. The molecule has 3 heteroatoms. The van der Waals surface area contributed by atoms with Crippen LogP contribution in [-0.2, 0) is 4.74 Å². The van der Waals surface area contributed by atoms with E-state index in [1.54, 1.807) is 0 Å². The van der Waals surface area contributed by atoms with Crippen molar-refractivity contribution < 1.29 is 15.2 Å². The molecule has 1 aromatic rings. The fourth-order valence-corrected chi connectivity index (χ4v) is 3.66. The maximum absolute atomic E-state index is 10.2. The molecule has 1 aromatic carbocycles. The van der Waals surface area contributed by atoms with Crippen molar-refractivity contribution in [3.05, 3.63) is 35.9 Å². The van der Waals surface area contributed by atoms with Crippen LogP contribution < -0.4 is 5.32 Å². The first-order valence-electron chi connectivity index (χ1n) is 9.54. The minimum absolute atomic E-state index is 0.338. The van der Waals surface area contributed by atoms with Gasteiger partial charge >= 0.3 is 0 Å². The van der Waals surface area contributed by atoms with Gasteiger partial charge in [-0.3, -0.25) is 0 Å². The molecular weight excluding hydrogens is 298 g/mol. The maximum atomic E-state index is 10.2. The van der Waals surface area contributed by atoms with Gasteiger partial charge in [0.2, 0.25) is 0 Å². The van der Waals surface area contributed by atoms with Gasteiger partial charge in [0.1, 0.15) is 18.7 Å². The molecule has 1 aliphatic carbocycles. The van der Waals surface area contributed by atoms with E-state index < -0.39 is 6.10 Å². The van der Waals surface area contributed by atoms with Crippen LogP contribution in [0.15, 0.2) is 30.3 Å². The molecule has 0 bridgehead atoms. The Morgan fingerprint density at radius 1 is 1.12 bits per heavy atom. The molecule has 0 radical (unpaired) electrons. The van der Waals surface area contributed by atoms with Crippen LogP contribution >= 0.6 is 0 Å². The van der Waals surface area contributed by atoms with Gasteiger partial charge in [-0.15, -0.1) is 0 Å². The molecule has 3 nitrogen and oxygen atoms in total. The molecule has 0 unspecified atom stereocenters. The van der Waals surface area contributed by atoms with E-state index in [4.69, 9.17) is 4.74 Å². The molecule has 0 aromatic heterocycles. The van der Waals surface area contributed by atoms with Gasteiger partial charge in [0.25, 0.3) is 0 Å². The molecule has 0 aliphatic heterocycles. The first-order valence-corrected chi connectivity index (χ1v) is 9.54. The largest absolute Gasteiger partial charge is 0.385 e. The van der Waals surface area contributed by atoms with E-state index in [0.29, 0.717) is 30.7 Å². The van der Waals surface area contributed by atoms with Crippen molar-refractivity contribution in [2.75, 3.05) is 13.2 Å². The smallest absolute Gasteiger partial charge is 0.126 e. The average Bonchev–Trinajstić information content (AvgIpc) is 2.58. The van der Waals surface area contributed by atoms with E-state index in [9.17, 15) is 5.11 Å². The van der Waals surface area contributed by atoms with Crippen LogP contribution in [0.2, 0.25) is 0 Å². The average molecular weight is 335 g/mol. The number of quaternary nitrogens is 1. The summed E-state index contributed by atoms with van der Waals surface area (Å²) in [5, 5.41) is 12.4. The van der Waals surface area contributed by atoms with E-state index in [1.807, 2.05) is 6.07 Å². The lowest BCUT2D eigenvalue weighted by Crippen LogP contribution is -2.87. The van der Waals surface area contributed by atoms with Crippen LogP contribution in [0, 0.1) is 11.3 Å². The minimum atomic E-state index is -0.392. The monoisotopic (exact) mass is 334 g/mol. The van der Waals surface area contributed by atoms with Gasteiger partial charge in [0, 0.05) is 5.56 Å². The highest BCUT2D eigenvalue weighted by atomic mass is 16.5. The molecule has 2 atom stereocenters. The Hall–Kier alpha value is -0.900. The summed E-state index contributed by atoms with van der Waals surface area (Å²) >= 11 is 0. The van der Waals surface area contributed by atoms with Gasteiger partial charge in [0.05, 0.1) is 12.7 Å². The van der Waals surface area contributed by atoms with Gasteiger partial charge < -0.3 is 15.2 Å². The van der Waals surface area contributed by atoms with Crippen molar-refractivity contribution in [1.29, 1.82) is 0 Å². The summed E-state index contributed by atoms with van der Waals surface area (Å²) in [7, 11) is 0. The van der Waals surface area contributed by atoms with Crippen LogP contribution in [0.5, 0.6) is 0 Å². The lowest BCUT2D eigenvalue weighted by molar-refractivity contribution is -0.698. The molecule has 0 amide bonds. The first-order chi connectivity index (χ1) is 11.4. The standard InChI is InChI=1S/C21H35NO2/c1-16(17-8-6-5-7-9-17)22-14-19(23)15-24-20-12-10-18(11-13-20)21(2,3)4/h5-9,16,18-20,22-23H,10-15H2,1-4H3/p+1/t16-,18?,19-,20?/m0/s1. The van der Waals surface area contributed by atoms with E-state index in [1.165, 1.54) is 18.4 Å². The number of hydrogen-bond acceptors (Lipinski definition) is 2. The Kier molecular flexibility index (Phi) is 7.27. The molecule has 136 valence electrons. The summed E-state index contributed by atoms with van der Waals surface area (Å²) in [5.74, 6) is 0.808. The lowest BCUT2D eigenvalue weighted by Gasteiger charge is -2.37. The van der Waals surface area contributed by atoms with E-state index in [-0.39, 0.29) is 0 Å². The van der Waals surface area contributed by atoms with Gasteiger partial charge in [-0.25, -0.2) is 0 Å². The zero-order valence-electron chi connectivity index (χ0n) is 15.9. The topological polar surface area (TPSA) is 46.1 Å². The fraction of sp³-hybridized carbons (Fsp3) is 0.714. The Bertz CT molecular complexity index is 460. The summed E-state index contributed by atoms with van der Waals surface area (Å²) in [6.07, 6.45) is 4.72. The number of aliphatic hydroxyl groups is 1. The Morgan fingerprint density at radius 2 is 1.75 bits per heavy atom. The van der Waals surface area contributed by atoms with Gasteiger partial charge in [-0.1, -0.05) is 51.1 Å². The van der Waals surface area contributed by atoms with Crippen molar-refractivity contribution in [1.82, 2.24) is 0 Å². The summed E-state index contributed by atoms with van der Waals surface area (Å²) in [4.78, 5) is 0. The molecule has 0 spiro atoms. The second kappa shape index (κ2) is 8.98. The number of aliphatic hydroxyl groups excluding tert-OH is 1. The first kappa shape index (κ1) is 19.4. The third-order valence-corrected chi connectivity index (χ3v) is 5.51. The predicted octanol–water partition coefficient (Wildman–Crippen LogP) is 3.29. The van der Waals surface area contributed by atoms with Gasteiger partial charge in [-0.05, 0) is 43.9 Å². The number of rotatable bonds is 7. The van der Waals surface area contributed by atoms with E-state index >= 15 is 0 Å².